The summed E-state index contributed by atoms with van der Waals surface area (Å²) in [7, 11) is -1.89. The highest BCUT2D eigenvalue weighted by molar-refractivity contribution is 7.89. The Morgan fingerprint density at radius 1 is 1.30 bits per heavy atom. The number of piperidine rings is 1. The van der Waals surface area contributed by atoms with Gasteiger partial charge in [0.05, 0.1) is 4.90 Å². The molecule has 2 N–H and O–H groups in total. The van der Waals surface area contributed by atoms with E-state index in [1.807, 2.05) is 13.8 Å². The number of rotatable bonds is 3. The molecular formula is C16H25N3O3S. The second-order valence-corrected chi connectivity index (χ2v) is 8.73. The zero-order valence-corrected chi connectivity index (χ0v) is 14.9. The van der Waals surface area contributed by atoms with Crippen LogP contribution in [0.2, 0.25) is 0 Å². The van der Waals surface area contributed by atoms with Gasteiger partial charge < -0.3 is 10.6 Å². The minimum absolute atomic E-state index is 0.000502. The molecule has 23 heavy (non-hydrogen) atoms. The van der Waals surface area contributed by atoms with Crippen molar-refractivity contribution in [2.24, 2.45) is 11.1 Å². The Kier molecular flexibility index (Phi) is 4.84. The lowest BCUT2D eigenvalue weighted by molar-refractivity contribution is -0.116. The summed E-state index contributed by atoms with van der Waals surface area (Å²) in [5.41, 5.74) is 6.49. The molecular weight excluding hydrogens is 314 g/mol. The molecule has 1 heterocycles. The van der Waals surface area contributed by atoms with Gasteiger partial charge in [0.25, 0.3) is 0 Å². The number of hydrogen-bond donors (Lipinski definition) is 1. The van der Waals surface area contributed by atoms with Crippen LogP contribution < -0.4 is 10.6 Å². The Morgan fingerprint density at radius 3 is 2.35 bits per heavy atom. The van der Waals surface area contributed by atoms with Gasteiger partial charge in [0.15, 0.2) is 0 Å². The molecule has 1 fully saturated rings. The molecule has 1 saturated heterocycles. The minimum atomic E-state index is -3.54. The van der Waals surface area contributed by atoms with Crippen LogP contribution in [0.5, 0.6) is 0 Å². The number of hydrogen-bond acceptors (Lipinski definition) is 4. The Balaban J connectivity index is 2.25. The topological polar surface area (TPSA) is 83.7 Å². The highest BCUT2D eigenvalue weighted by Gasteiger charge is 2.38. The molecule has 1 aliphatic rings. The number of carbonyl (C=O) groups excluding carboxylic acids is 1. The lowest BCUT2D eigenvalue weighted by Gasteiger charge is -2.41. The van der Waals surface area contributed by atoms with E-state index in [-0.39, 0.29) is 22.3 Å². The van der Waals surface area contributed by atoms with Crippen LogP contribution in [0.25, 0.3) is 0 Å². The lowest BCUT2D eigenvalue weighted by Crippen LogP contribution is -2.53. The first-order chi connectivity index (χ1) is 10.6. The summed E-state index contributed by atoms with van der Waals surface area (Å²) in [6, 6.07) is 6.39. The standard InChI is InChI=1S/C16H25N3O3S/c1-12(20)18(4)13-5-7-14(8-6-13)23(21,22)19-10-9-15(17)16(2,3)11-19/h5-8,15H,9-11,17H2,1-4H3. The molecule has 7 heteroatoms. The minimum Gasteiger partial charge on any atom is -0.327 e. The predicted octanol–water partition coefficient (Wildman–Crippen LogP) is 1.42. The van der Waals surface area contributed by atoms with Crippen molar-refractivity contribution in [3.8, 4) is 0 Å². The van der Waals surface area contributed by atoms with Gasteiger partial charge in [-0.05, 0) is 36.1 Å². The van der Waals surface area contributed by atoms with Crippen molar-refractivity contribution in [2.75, 3.05) is 25.0 Å². The van der Waals surface area contributed by atoms with Crippen molar-refractivity contribution in [3.05, 3.63) is 24.3 Å². The first-order valence-corrected chi connectivity index (χ1v) is 9.10. The molecule has 0 saturated carbocycles. The van der Waals surface area contributed by atoms with Gasteiger partial charge in [-0.2, -0.15) is 4.31 Å². The number of nitrogens with zero attached hydrogens (tertiary/aromatic N) is 2. The summed E-state index contributed by atoms with van der Waals surface area (Å²) >= 11 is 0. The highest BCUT2D eigenvalue weighted by Crippen LogP contribution is 2.31. The van der Waals surface area contributed by atoms with Crippen LogP contribution in [-0.4, -0.2) is 44.8 Å². The van der Waals surface area contributed by atoms with Gasteiger partial charge in [-0.1, -0.05) is 13.8 Å². The monoisotopic (exact) mass is 339 g/mol. The quantitative estimate of drug-likeness (QED) is 0.902. The summed E-state index contributed by atoms with van der Waals surface area (Å²) in [6.45, 7) is 6.28. The molecule has 1 unspecified atom stereocenters. The van der Waals surface area contributed by atoms with Crippen LogP contribution >= 0.6 is 0 Å². The van der Waals surface area contributed by atoms with Crippen LogP contribution in [-0.2, 0) is 14.8 Å². The van der Waals surface area contributed by atoms with Crippen molar-refractivity contribution in [3.63, 3.8) is 0 Å². The predicted molar refractivity (Wildman–Crippen MR) is 90.7 cm³/mol. The van der Waals surface area contributed by atoms with E-state index in [0.717, 1.165) is 0 Å². The summed E-state index contributed by atoms with van der Waals surface area (Å²) in [4.78, 5) is 13.1. The maximum atomic E-state index is 12.8. The van der Waals surface area contributed by atoms with E-state index < -0.39 is 10.0 Å². The number of amides is 1. The zero-order chi connectivity index (χ0) is 17.4. The van der Waals surface area contributed by atoms with Gasteiger partial charge in [0, 0.05) is 38.8 Å². The third kappa shape index (κ3) is 3.57. The van der Waals surface area contributed by atoms with E-state index in [0.29, 0.717) is 25.2 Å². The molecule has 1 amide bonds. The number of carbonyl (C=O) groups is 1. The van der Waals surface area contributed by atoms with Crippen LogP contribution in [0.4, 0.5) is 5.69 Å². The maximum absolute atomic E-state index is 12.8. The largest absolute Gasteiger partial charge is 0.327 e. The van der Waals surface area contributed by atoms with Gasteiger partial charge in [0.1, 0.15) is 0 Å². The molecule has 0 bridgehead atoms. The molecule has 0 aromatic heterocycles. The second-order valence-electron chi connectivity index (χ2n) is 6.79. The number of nitrogens with two attached hydrogens (primary N) is 1. The smallest absolute Gasteiger partial charge is 0.243 e. The maximum Gasteiger partial charge on any atom is 0.243 e. The van der Waals surface area contributed by atoms with Crippen molar-refractivity contribution in [1.29, 1.82) is 0 Å². The summed E-state index contributed by atoms with van der Waals surface area (Å²) in [6.07, 6.45) is 0.650. The van der Waals surface area contributed by atoms with E-state index in [9.17, 15) is 13.2 Å². The molecule has 6 nitrogen and oxygen atoms in total. The fraction of sp³-hybridized carbons (Fsp3) is 0.562. The Labute approximate surface area is 138 Å². The van der Waals surface area contributed by atoms with E-state index in [2.05, 4.69) is 0 Å². The van der Waals surface area contributed by atoms with Crippen LogP contribution in [0.1, 0.15) is 27.2 Å². The third-order valence-electron chi connectivity index (χ3n) is 4.61. The molecule has 1 aromatic rings. The average Bonchev–Trinajstić information content (AvgIpc) is 2.49. The second kappa shape index (κ2) is 6.22. The third-order valence-corrected chi connectivity index (χ3v) is 6.47. The molecule has 1 aromatic carbocycles. The van der Waals surface area contributed by atoms with E-state index >= 15 is 0 Å². The SMILES string of the molecule is CC(=O)N(C)c1ccc(S(=O)(=O)N2CCC(N)C(C)(C)C2)cc1. The molecule has 2 rings (SSSR count). The first kappa shape index (κ1) is 17.9. The lowest BCUT2D eigenvalue weighted by atomic mass is 9.81. The molecule has 1 atom stereocenters. The van der Waals surface area contributed by atoms with Crippen LogP contribution in [0, 0.1) is 5.41 Å². The number of benzene rings is 1. The number of anilines is 1. The highest BCUT2D eigenvalue weighted by atomic mass is 32.2. The average molecular weight is 339 g/mol. The molecule has 0 radical (unpaired) electrons. The summed E-state index contributed by atoms with van der Waals surface area (Å²) in [5.74, 6) is -0.104. The van der Waals surface area contributed by atoms with Crippen LogP contribution in [0.3, 0.4) is 0 Å². The van der Waals surface area contributed by atoms with E-state index in [1.165, 1.54) is 16.1 Å². The summed E-state index contributed by atoms with van der Waals surface area (Å²) in [5, 5.41) is 0. The fourth-order valence-corrected chi connectivity index (χ4v) is 4.33. The normalized spacial score (nSPS) is 21.9. The van der Waals surface area contributed by atoms with Gasteiger partial charge in [0.2, 0.25) is 15.9 Å². The number of sulfonamides is 1. The van der Waals surface area contributed by atoms with Gasteiger partial charge in [-0.15, -0.1) is 0 Å². The molecule has 128 valence electrons. The summed E-state index contributed by atoms with van der Waals surface area (Å²) < 4.78 is 27.1. The van der Waals surface area contributed by atoms with Gasteiger partial charge in [-0.25, -0.2) is 8.42 Å². The van der Waals surface area contributed by atoms with Crippen molar-refractivity contribution >= 4 is 21.6 Å². The van der Waals surface area contributed by atoms with Gasteiger partial charge in [-0.3, -0.25) is 4.79 Å². The van der Waals surface area contributed by atoms with E-state index in [1.54, 1.807) is 31.3 Å². The Bertz CT molecular complexity index is 683. The molecule has 0 spiro atoms. The first-order valence-electron chi connectivity index (χ1n) is 7.66. The van der Waals surface area contributed by atoms with E-state index in [4.69, 9.17) is 5.73 Å². The van der Waals surface area contributed by atoms with Crippen molar-refractivity contribution < 1.29 is 13.2 Å². The molecule has 0 aliphatic carbocycles. The van der Waals surface area contributed by atoms with Gasteiger partial charge >= 0.3 is 0 Å². The van der Waals surface area contributed by atoms with Crippen LogP contribution in [0.15, 0.2) is 29.2 Å². The zero-order valence-electron chi connectivity index (χ0n) is 14.1. The van der Waals surface area contributed by atoms with Crippen molar-refractivity contribution in [1.82, 2.24) is 4.31 Å². The van der Waals surface area contributed by atoms with Crippen molar-refractivity contribution in [2.45, 2.75) is 38.1 Å². The molecule has 1 aliphatic heterocycles. The Hall–Kier alpha value is -1.44. The fourth-order valence-electron chi connectivity index (χ4n) is 2.70. The Morgan fingerprint density at radius 2 is 1.87 bits per heavy atom.